The molecule has 4 nitrogen and oxygen atoms in total. The largest absolute Gasteiger partial charge is 0.371 e. The molecule has 2 aromatic carbocycles. The fraction of sp³-hybridized carbons (Fsp3) is 0.333. The number of hydrogen-bond donors (Lipinski definition) is 0. The molecular weight excluding hydrogens is 310 g/mol. The van der Waals surface area contributed by atoms with Crippen LogP contribution in [0.15, 0.2) is 53.4 Å². The van der Waals surface area contributed by atoms with Gasteiger partial charge in [-0.25, -0.2) is 8.42 Å². The van der Waals surface area contributed by atoms with E-state index in [2.05, 4.69) is 0 Å². The van der Waals surface area contributed by atoms with Crippen molar-refractivity contribution < 1.29 is 13.2 Å². The second kappa shape index (κ2) is 6.43. The first-order valence-electron chi connectivity index (χ1n) is 7.72. The highest BCUT2D eigenvalue weighted by Gasteiger charge is 2.32. The maximum atomic E-state index is 12.9. The molecule has 1 unspecified atom stereocenters. The minimum absolute atomic E-state index is 0.219. The number of rotatable bonds is 3. The molecule has 2 aromatic rings. The van der Waals surface area contributed by atoms with Crippen molar-refractivity contribution in [2.45, 2.75) is 24.8 Å². The van der Waals surface area contributed by atoms with Gasteiger partial charge in [0, 0.05) is 13.1 Å². The third kappa shape index (κ3) is 3.32. The summed E-state index contributed by atoms with van der Waals surface area (Å²) in [6, 6.07) is 15.2. The maximum absolute atomic E-state index is 12.9. The molecule has 1 saturated heterocycles. The molecule has 1 aliphatic rings. The minimum Gasteiger partial charge on any atom is -0.371 e. The number of aryl methyl sites for hydroxylation is 2. The van der Waals surface area contributed by atoms with Crippen LogP contribution in [0.5, 0.6) is 0 Å². The molecule has 1 atom stereocenters. The van der Waals surface area contributed by atoms with Crippen LogP contribution in [0.1, 0.15) is 22.8 Å². The Kier molecular flexibility index (Phi) is 4.53. The van der Waals surface area contributed by atoms with E-state index in [1.807, 2.05) is 50.2 Å². The fourth-order valence-electron chi connectivity index (χ4n) is 2.81. The van der Waals surface area contributed by atoms with Crippen molar-refractivity contribution in [1.82, 2.24) is 4.31 Å². The Balaban J connectivity index is 1.86. The zero-order valence-corrected chi connectivity index (χ0v) is 14.2. The number of sulfonamides is 1. The highest BCUT2D eigenvalue weighted by Crippen LogP contribution is 2.27. The van der Waals surface area contributed by atoms with Crippen molar-refractivity contribution in [3.8, 4) is 0 Å². The Labute approximate surface area is 137 Å². The number of ether oxygens (including phenoxy) is 1. The zero-order valence-electron chi connectivity index (χ0n) is 13.4. The molecule has 0 saturated carbocycles. The van der Waals surface area contributed by atoms with Gasteiger partial charge in [0.15, 0.2) is 0 Å². The molecule has 0 aromatic heterocycles. The van der Waals surface area contributed by atoms with E-state index in [4.69, 9.17) is 4.74 Å². The summed E-state index contributed by atoms with van der Waals surface area (Å²) in [6.45, 7) is 4.99. The molecule has 122 valence electrons. The smallest absolute Gasteiger partial charge is 0.243 e. The Hall–Kier alpha value is -1.69. The lowest BCUT2D eigenvalue weighted by molar-refractivity contribution is -0.00257. The van der Waals surface area contributed by atoms with Gasteiger partial charge in [-0.05, 0) is 31.0 Å². The van der Waals surface area contributed by atoms with Crippen LogP contribution in [-0.2, 0) is 14.8 Å². The van der Waals surface area contributed by atoms with Crippen LogP contribution < -0.4 is 0 Å². The number of morpholine rings is 1. The summed E-state index contributed by atoms with van der Waals surface area (Å²) in [5, 5.41) is 0. The summed E-state index contributed by atoms with van der Waals surface area (Å²) in [7, 11) is -3.49. The SMILES string of the molecule is Cc1ccc(C2CN(S(=O)(=O)c3ccccc3C)CCO2)cc1. The predicted octanol–water partition coefficient (Wildman–Crippen LogP) is 3.07. The van der Waals surface area contributed by atoms with E-state index in [0.717, 1.165) is 11.1 Å². The number of nitrogens with zero attached hydrogens (tertiary/aromatic N) is 1. The summed E-state index contributed by atoms with van der Waals surface area (Å²) in [6.07, 6.45) is -0.219. The summed E-state index contributed by atoms with van der Waals surface area (Å²) in [4.78, 5) is 0.379. The van der Waals surface area contributed by atoms with Gasteiger partial charge in [-0.3, -0.25) is 0 Å². The van der Waals surface area contributed by atoms with Gasteiger partial charge in [0.05, 0.1) is 17.6 Å². The molecule has 0 bridgehead atoms. The predicted molar refractivity (Wildman–Crippen MR) is 89.8 cm³/mol. The molecule has 1 heterocycles. The van der Waals surface area contributed by atoms with Crippen LogP contribution in [-0.4, -0.2) is 32.4 Å². The Bertz CT molecular complexity index is 784. The third-order valence-corrected chi connectivity index (χ3v) is 6.22. The van der Waals surface area contributed by atoms with Gasteiger partial charge in [-0.1, -0.05) is 48.0 Å². The van der Waals surface area contributed by atoms with Crippen molar-refractivity contribution in [3.63, 3.8) is 0 Å². The Morgan fingerprint density at radius 3 is 2.43 bits per heavy atom. The lowest BCUT2D eigenvalue weighted by atomic mass is 10.1. The first-order chi connectivity index (χ1) is 11.0. The normalized spacial score (nSPS) is 19.7. The monoisotopic (exact) mass is 331 g/mol. The molecule has 23 heavy (non-hydrogen) atoms. The standard InChI is InChI=1S/C18H21NO3S/c1-14-7-9-16(10-8-14)17-13-19(11-12-22-17)23(20,21)18-6-4-3-5-15(18)2/h3-10,17H,11-13H2,1-2H3. The molecule has 3 rings (SSSR count). The highest BCUT2D eigenvalue weighted by molar-refractivity contribution is 7.89. The van der Waals surface area contributed by atoms with Crippen LogP contribution in [0.25, 0.3) is 0 Å². The summed E-state index contributed by atoms with van der Waals surface area (Å²) in [5.41, 5.74) is 2.96. The van der Waals surface area contributed by atoms with Crippen molar-refractivity contribution in [2.75, 3.05) is 19.7 Å². The van der Waals surface area contributed by atoms with Gasteiger partial charge in [0.25, 0.3) is 0 Å². The van der Waals surface area contributed by atoms with Crippen molar-refractivity contribution >= 4 is 10.0 Å². The fourth-order valence-corrected chi connectivity index (χ4v) is 4.46. The lowest BCUT2D eigenvalue weighted by Crippen LogP contribution is -2.42. The van der Waals surface area contributed by atoms with E-state index in [1.165, 1.54) is 9.87 Å². The van der Waals surface area contributed by atoms with E-state index in [0.29, 0.717) is 24.6 Å². The molecule has 0 N–H and O–H groups in total. The third-order valence-electron chi connectivity index (χ3n) is 4.19. The molecule has 0 amide bonds. The van der Waals surface area contributed by atoms with Gasteiger partial charge in [-0.2, -0.15) is 4.31 Å². The maximum Gasteiger partial charge on any atom is 0.243 e. The molecular formula is C18H21NO3S. The van der Waals surface area contributed by atoms with Gasteiger partial charge in [0.2, 0.25) is 10.0 Å². The van der Waals surface area contributed by atoms with Crippen LogP contribution in [0.2, 0.25) is 0 Å². The van der Waals surface area contributed by atoms with Gasteiger partial charge < -0.3 is 4.74 Å². The van der Waals surface area contributed by atoms with Crippen molar-refractivity contribution in [3.05, 3.63) is 65.2 Å². The van der Waals surface area contributed by atoms with Crippen LogP contribution in [0, 0.1) is 13.8 Å². The second-order valence-corrected chi connectivity index (χ2v) is 7.81. The number of benzene rings is 2. The van der Waals surface area contributed by atoms with Gasteiger partial charge in [0.1, 0.15) is 0 Å². The molecule has 5 heteroatoms. The Morgan fingerprint density at radius 2 is 1.74 bits per heavy atom. The topological polar surface area (TPSA) is 46.6 Å². The summed E-state index contributed by atoms with van der Waals surface area (Å²) < 4.78 is 33.1. The average molecular weight is 331 g/mol. The van der Waals surface area contributed by atoms with Gasteiger partial charge in [-0.15, -0.1) is 0 Å². The number of hydrogen-bond acceptors (Lipinski definition) is 3. The molecule has 0 radical (unpaired) electrons. The zero-order chi connectivity index (χ0) is 16.4. The molecule has 1 aliphatic heterocycles. The van der Waals surface area contributed by atoms with Crippen molar-refractivity contribution in [2.24, 2.45) is 0 Å². The van der Waals surface area contributed by atoms with E-state index in [9.17, 15) is 8.42 Å². The summed E-state index contributed by atoms with van der Waals surface area (Å²) in [5.74, 6) is 0. The lowest BCUT2D eigenvalue weighted by Gasteiger charge is -2.32. The Morgan fingerprint density at radius 1 is 1.04 bits per heavy atom. The highest BCUT2D eigenvalue weighted by atomic mass is 32.2. The van der Waals surface area contributed by atoms with Crippen molar-refractivity contribution in [1.29, 1.82) is 0 Å². The molecule has 1 fully saturated rings. The molecule has 0 aliphatic carbocycles. The van der Waals surface area contributed by atoms with E-state index < -0.39 is 10.0 Å². The second-order valence-electron chi connectivity index (χ2n) is 5.90. The molecule has 0 spiro atoms. The average Bonchev–Trinajstić information content (AvgIpc) is 2.56. The van der Waals surface area contributed by atoms with Crippen LogP contribution in [0.3, 0.4) is 0 Å². The summed E-state index contributed by atoms with van der Waals surface area (Å²) >= 11 is 0. The van der Waals surface area contributed by atoms with E-state index >= 15 is 0 Å². The quantitative estimate of drug-likeness (QED) is 0.868. The van der Waals surface area contributed by atoms with Gasteiger partial charge >= 0.3 is 0 Å². The van der Waals surface area contributed by atoms with E-state index in [1.54, 1.807) is 12.1 Å². The first-order valence-corrected chi connectivity index (χ1v) is 9.16. The van der Waals surface area contributed by atoms with E-state index in [-0.39, 0.29) is 6.10 Å². The van der Waals surface area contributed by atoms with Crippen LogP contribution in [0.4, 0.5) is 0 Å². The first kappa shape index (κ1) is 16.2. The van der Waals surface area contributed by atoms with Crippen LogP contribution >= 0.6 is 0 Å². The minimum atomic E-state index is -3.49.